The second kappa shape index (κ2) is 4.22. The van der Waals surface area contributed by atoms with Gasteiger partial charge >= 0.3 is 0 Å². The first kappa shape index (κ1) is 10.9. The van der Waals surface area contributed by atoms with Crippen LogP contribution in [0.5, 0.6) is 0 Å². The Morgan fingerprint density at radius 2 is 2.22 bits per heavy atom. The van der Waals surface area contributed by atoms with Crippen LogP contribution in [0.15, 0.2) is 36.5 Å². The molecule has 0 radical (unpaired) electrons. The zero-order valence-corrected chi connectivity index (χ0v) is 10.6. The maximum atomic E-state index is 4.39. The lowest BCUT2D eigenvalue weighted by Crippen LogP contribution is -2.03. The van der Waals surface area contributed by atoms with Crippen molar-refractivity contribution < 1.29 is 0 Å². The Hall–Kier alpha value is -2.23. The minimum absolute atomic E-state index is 0.822. The van der Waals surface area contributed by atoms with Gasteiger partial charge in [-0.05, 0) is 37.3 Å². The largest absolute Gasteiger partial charge is 0.379 e. The Labute approximate surface area is 106 Å². The zero-order valence-electron chi connectivity index (χ0n) is 10.6. The maximum absolute atomic E-state index is 4.39. The van der Waals surface area contributed by atoms with E-state index in [-0.39, 0.29) is 0 Å². The quantitative estimate of drug-likeness (QED) is 0.739. The normalized spacial score (nSPS) is 11.0. The molecule has 0 amide bonds. The van der Waals surface area contributed by atoms with E-state index in [0.29, 0.717) is 0 Å². The van der Waals surface area contributed by atoms with Gasteiger partial charge in [-0.2, -0.15) is 0 Å². The monoisotopic (exact) mass is 240 g/mol. The molecule has 2 N–H and O–H groups in total. The van der Waals surface area contributed by atoms with E-state index in [1.165, 1.54) is 5.69 Å². The second-order valence-electron chi connectivity index (χ2n) is 4.52. The molecule has 0 aliphatic heterocycles. The van der Waals surface area contributed by atoms with Gasteiger partial charge in [0.1, 0.15) is 5.82 Å². The van der Waals surface area contributed by atoms with Gasteiger partial charge in [0.2, 0.25) is 0 Å². The fraction of sp³-hybridized carbons (Fsp3) is 0.214. The van der Waals surface area contributed by atoms with Crippen LogP contribution >= 0.6 is 0 Å². The van der Waals surface area contributed by atoms with Gasteiger partial charge in [-0.15, -0.1) is 0 Å². The molecule has 0 spiro atoms. The number of aryl methyl sites for hydroxylation is 2. The predicted octanol–water partition coefficient (Wildman–Crippen LogP) is 2.82. The molecular weight excluding hydrogens is 224 g/mol. The number of aromatic amines is 1. The summed E-state index contributed by atoms with van der Waals surface area (Å²) in [5.41, 5.74) is 4.45. The van der Waals surface area contributed by atoms with E-state index in [1.54, 1.807) is 0 Å². The van der Waals surface area contributed by atoms with Gasteiger partial charge in [0.25, 0.3) is 0 Å². The molecule has 2 heterocycles. The van der Waals surface area contributed by atoms with Crippen molar-refractivity contribution in [1.29, 1.82) is 0 Å². The van der Waals surface area contributed by atoms with Crippen molar-refractivity contribution in [2.24, 2.45) is 7.05 Å². The number of imidazole rings is 1. The van der Waals surface area contributed by atoms with E-state index in [2.05, 4.69) is 57.4 Å². The van der Waals surface area contributed by atoms with Crippen LogP contribution in [0.4, 0.5) is 5.69 Å². The minimum Gasteiger partial charge on any atom is -0.379 e. The van der Waals surface area contributed by atoms with Crippen molar-refractivity contribution >= 4 is 16.7 Å². The Kier molecular flexibility index (Phi) is 2.55. The third-order valence-corrected chi connectivity index (χ3v) is 3.13. The van der Waals surface area contributed by atoms with Crippen LogP contribution in [0, 0.1) is 6.92 Å². The fourth-order valence-electron chi connectivity index (χ4n) is 2.12. The van der Waals surface area contributed by atoms with Crippen LogP contribution in [0.25, 0.3) is 11.0 Å². The predicted molar refractivity (Wildman–Crippen MR) is 73.6 cm³/mol. The van der Waals surface area contributed by atoms with E-state index >= 15 is 0 Å². The molecule has 0 fully saturated rings. The lowest BCUT2D eigenvalue weighted by Gasteiger charge is -2.07. The van der Waals surface area contributed by atoms with Crippen LogP contribution in [-0.4, -0.2) is 14.5 Å². The molecule has 18 heavy (non-hydrogen) atoms. The Morgan fingerprint density at radius 3 is 3.00 bits per heavy atom. The molecular formula is C14H16N4. The molecule has 0 aliphatic rings. The highest BCUT2D eigenvalue weighted by molar-refractivity contribution is 5.79. The number of hydrogen-bond donors (Lipinski definition) is 2. The molecule has 4 nitrogen and oxygen atoms in total. The molecule has 0 bridgehead atoms. The van der Waals surface area contributed by atoms with Crippen LogP contribution in [-0.2, 0) is 13.6 Å². The van der Waals surface area contributed by atoms with E-state index in [4.69, 9.17) is 0 Å². The lowest BCUT2D eigenvalue weighted by molar-refractivity contribution is 0.842. The summed E-state index contributed by atoms with van der Waals surface area (Å²) in [7, 11) is 2.05. The standard InChI is InChI=1S/C14H16N4/c1-10-16-13-6-5-11(8-14(13)17-10)15-9-12-4-3-7-18(12)2/h3-8,15H,9H2,1-2H3,(H,16,17). The summed E-state index contributed by atoms with van der Waals surface area (Å²) < 4.78 is 2.12. The Morgan fingerprint density at radius 1 is 1.33 bits per heavy atom. The highest BCUT2D eigenvalue weighted by Gasteiger charge is 2.01. The van der Waals surface area contributed by atoms with Gasteiger partial charge in [-0.25, -0.2) is 4.98 Å². The van der Waals surface area contributed by atoms with Crippen molar-refractivity contribution in [3.05, 3.63) is 48.0 Å². The van der Waals surface area contributed by atoms with E-state index < -0.39 is 0 Å². The van der Waals surface area contributed by atoms with E-state index in [9.17, 15) is 0 Å². The summed E-state index contributed by atoms with van der Waals surface area (Å²) in [6.45, 7) is 2.79. The Bertz CT molecular complexity index is 678. The third-order valence-electron chi connectivity index (χ3n) is 3.13. The number of benzene rings is 1. The third kappa shape index (κ3) is 1.97. The summed E-state index contributed by atoms with van der Waals surface area (Å²) in [4.78, 5) is 7.64. The lowest BCUT2D eigenvalue weighted by atomic mass is 10.2. The number of aromatic nitrogens is 3. The molecule has 92 valence electrons. The summed E-state index contributed by atoms with van der Waals surface area (Å²) >= 11 is 0. The first-order chi connectivity index (χ1) is 8.72. The molecule has 0 aliphatic carbocycles. The number of fused-ring (bicyclic) bond motifs is 1. The first-order valence-electron chi connectivity index (χ1n) is 6.03. The van der Waals surface area contributed by atoms with Crippen LogP contribution in [0.1, 0.15) is 11.5 Å². The van der Waals surface area contributed by atoms with Crippen molar-refractivity contribution in [3.63, 3.8) is 0 Å². The molecule has 0 atom stereocenters. The van der Waals surface area contributed by atoms with Gasteiger partial charge in [0.15, 0.2) is 0 Å². The molecule has 4 heteroatoms. The number of H-pyrrole nitrogens is 1. The number of anilines is 1. The van der Waals surface area contributed by atoms with Gasteiger partial charge in [0, 0.05) is 24.6 Å². The minimum atomic E-state index is 0.822. The molecule has 0 unspecified atom stereocenters. The molecule has 2 aromatic heterocycles. The number of rotatable bonds is 3. The summed E-state index contributed by atoms with van der Waals surface area (Å²) in [6.07, 6.45) is 2.05. The molecule has 3 aromatic rings. The van der Waals surface area contributed by atoms with Crippen molar-refractivity contribution in [3.8, 4) is 0 Å². The number of nitrogens with zero attached hydrogens (tertiary/aromatic N) is 2. The average molecular weight is 240 g/mol. The first-order valence-corrected chi connectivity index (χ1v) is 6.03. The maximum Gasteiger partial charge on any atom is 0.104 e. The van der Waals surface area contributed by atoms with Gasteiger partial charge < -0.3 is 14.9 Å². The number of nitrogens with one attached hydrogen (secondary N) is 2. The molecule has 0 saturated heterocycles. The number of hydrogen-bond acceptors (Lipinski definition) is 2. The van der Waals surface area contributed by atoms with E-state index in [1.807, 2.05) is 13.0 Å². The topological polar surface area (TPSA) is 45.6 Å². The highest BCUT2D eigenvalue weighted by Crippen LogP contribution is 2.17. The summed E-state index contributed by atoms with van der Waals surface area (Å²) in [5.74, 6) is 0.949. The van der Waals surface area contributed by atoms with Gasteiger partial charge in [-0.3, -0.25) is 0 Å². The van der Waals surface area contributed by atoms with Crippen molar-refractivity contribution in [2.45, 2.75) is 13.5 Å². The Balaban J connectivity index is 1.80. The van der Waals surface area contributed by atoms with Gasteiger partial charge in [-0.1, -0.05) is 0 Å². The van der Waals surface area contributed by atoms with Crippen molar-refractivity contribution in [2.75, 3.05) is 5.32 Å². The van der Waals surface area contributed by atoms with Crippen molar-refractivity contribution in [1.82, 2.24) is 14.5 Å². The van der Waals surface area contributed by atoms with Crippen LogP contribution in [0.3, 0.4) is 0 Å². The average Bonchev–Trinajstić information content (AvgIpc) is 2.90. The van der Waals surface area contributed by atoms with Gasteiger partial charge in [0.05, 0.1) is 17.6 Å². The summed E-state index contributed by atoms with van der Waals surface area (Å²) in [6, 6.07) is 10.4. The molecule has 0 saturated carbocycles. The highest BCUT2D eigenvalue weighted by atomic mass is 15.0. The SMILES string of the molecule is Cc1nc2ccc(NCc3cccn3C)cc2[nH]1. The fourth-order valence-corrected chi connectivity index (χ4v) is 2.12. The van der Waals surface area contributed by atoms with Crippen LogP contribution < -0.4 is 5.32 Å². The summed E-state index contributed by atoms with van der Waals surface area (Å²) in [5, 5.41) is 3.42. The molecule has 3 rings (SSSR count). The van der Waals surface area contributed by atoms with Crippen LogP contribution in [0.2, 0.25) is 0 Å². The second-order valence-corrected chi connectivity index (χ2v) is 4.52. The zero-order chi connectivity index (χ0) is 12.5. The molecule has 1 aromatic carbocycles. The van der Waals surface area contributed by atoms with E-state index in [0.717, 1.165) is 29.1 Å². The smallest absolute Gasteiger partial charge is 0.104 e.